The number of benzene rings is 2. The summed E-state index contributed by atoms with van der Waals surface area (Å²) in [6, 6.07) is 10.5. The molecule has 0 aliphatic carbocycles. The molecule has 2 heterocycles. The number of aliphatic carboxylic acids is 1. The monoisotopic (exact) mass is 706 g/mol. The van der Waals surface area contributed by atoms with Gasteiger partial charge in [0, 0.05) is 79.5 Å². The lowest BCUT2D eigenvalue weighted by atomic mass is 9.92. The van der Waals surface area contributed by atoms with Crippen molar-refractivity contribution in [3.05, 3.63) is 62.5 Å². The first-order chi connectivity index (χ1) is 20.1. The van der Waals surface area contributed by atoms with Crippen LogP contribution in [0.25, 0.3) is 0 Å². The van der Waals surface area contributed by atoms with Gasteiger partial charge in [0.15, 0.2) is 0 Å². The summed E-state index contributed by atoms with van der Waals surface area (Å²) in [5.74, 6) is -2.28. The van der Waals surface area contributed by atoms with Gasteiger partial charge in [0.1, 0.15) is 0 Å². The summed E-state index contributed by atoms with van der Waals surface area (Å²) in [4.78, 5) is 17.4. The number of rotatable bonds is 14. The Labute approximate surface area is 266 Å². The van der Waals surface area contributed by atoms with Gasteiger partial charge in [-0.2, -0.15) is 4.31 Å². The van der Waals surface area contributed by atoms with Gasteiger partial charge in [0.05, 0.1) is 37.2 Å². The normalized spacial score (nSPS) is 18.7. The van der Waals surface area contributed by atoms with Crippen LogP contribution in [0, 0.1) is 5.92 Å². The first-order valence-electron chi connectivity index (χ1n) is 13.9. The number of carboxylic acids is 1. The molecule has 0 spiro atoms. The number of ether oxygens (including phenoxy) is 2. The Morgan fingerprint density at radius 3 is 2.14 bits per heavy atom. The van der Waals surface area contributed by atoms with Crippen molar-refractivity contribution in [2.24, 2.45) is 5.92 Å². The van der Waals surface area contributed by atoms with E-state index < -0.39 is 28.0 Å². The Kier molecular flexibility index (Phi) is 12.9. The minimum Gasteiger partial charge on any atom is -0.481 e. The van der Waals surface area contributed by atoms with Gasteiger partial charge >= 0.3 is 5.97 Å². The van der Waals surface area contributed by atoms with E-state index in [4.69, 9.17) is 32.7 Å². The van der Waals surface area contributed by atoms with Gasteiger partial charge in [-0.25, -0.2) is 8.42 Å². The summed E-state index contributed by atoms with van der Waals surface area (Å²) in [5, 5.41) is 14.7. The van der Waals surface area contributed by atoms with Gasteiger partial charge < -0.3 is 19.9 Å². The SMILES string of the molecule is O=C(O)C(CN(CCN1CCOCC1)S(=O)(=O)c1ccc(Br)cc1)C(NCCN1CCOCC1)c1ccc(Cl)cc1Cl. The average molecular weight is 709 g/mol. The lowest BCUT2D eigenvalue weighted by Crippen LogP contribution is -2.48. The zero-order valence-corrected chi connectivity index (χ0v) is 27.2. The molecular formula is C28H37BrCl2N4O6S. The van der Waals surface area contributed by atoms with Crippen molar-refractivity contribution in [3.8, 4) is 0 Å². The molecule has 0 aromatic heterocycles. The highest BCUT2D eigenvalue weighted by Crippen LogP contribution is 2.32. The van der Waals surface area contributed by atoms with Crippen molar-refractivity contribution < 1.29 is 27.8 Å². The fourth-order valence-electron chi connectivity index (χ4n) is 5.11. The molecule has 2 unspecified atom stereocenters. The molecule has 2 aliphatic heterocycles. The lowest BCUT2D eigenvalue weighted by molar-refractivity contribution is -0.143. The molecule has 0 radical (unpaired) electrons. The van der Waals surface area contributed by atoms with Crippen LogP contribution in [0.5, 0.6) is 0 Å². The van der Waals surface area contributed by atoms with Gasteiger partial charge in [-0.15, -0.1) is 0 Å². The van der Waals surface area contributed by atoms with E-state index in [2.05, 4.69) is 31.0 Å². The number of sulfonamides is 1. The van der Waals surface area contributed by atoms with Crippen molar-refractivity contribution in [1.82, 2.24) is 19.4 Å². The Hall–Kier alpha value is -1.32. The van der Waals surface area contributed by atoms with E-state index in [1.807, 2.05) is 0 Å². The smallest absolute Gasteiger partial charge is 0.309 e. The molecule has 2 aromatic carbocycles. The fourth-order valence-corrected chi connectivity index (χ4v) is 7.36. The minimum absolute atomic E-state index is 0.0955. The number of hydrogen-bond donors (Lipinski definition) is 2. The summed E-state index contributed by atoms with van der Waals surface area (Å²) in [7, 11) is -4.03. The third-order valence-electron chi connectivity index (χ3n) is 7.53. The van der Waals surface area contributed by atoms with E-state index in [0.29, 0.717) is 74.8 Å². The molecule has 0 amide bonds. The second-order valence-electron chi connectivity index (χ2n) is 10.3. The molecule has 2 fully saturated rings. The minimum atomic E-state index is -4.03. The summed E-state index contributed by atoms with van der Waals surface area (Å²) in [6.45, 7) is 6.84. The van der Waals surface area contributed by atoms with Gasteiger partial charge in [0.2, 0.25) is 10.0 Å². The molecule has 10 nitrogen and oxygen atoms in total. The highest BCUT2D eigenvalue weighted by molar-refractivity contribution is 9.10. The maximum absolute atomic E-state index is 14.0. The van der Waals surface area contributed by atoms with Crippen LogP contribution in [0.3, 0.4) is 0 Å². The standard InChI is InChI=1S/C28H37BrCl2N4O6S/c29-21-1-4-23(5-2-21)42(38,39)35(10-9-34-13-17-41-18-14-34)20-25(28(36)37)27(24-6-3-22(30)19-26(24)31)32-7-8-33-11-15-40-16-12-33/h1-6,19,25,27,32H,7-18,20H2,(H,36,37). The van der Waals surface area contributed by atoms with Gasteiger partial charge in [-0.05, 0) is 42.0 Å². The van der Waals surface area contributed by atoms with Gasteiger partial charge in [-0.1, -0.05) is 45.2 Å². The molecule has 2 aliphatic rings. The summed E-state index contributed by atoms with van der Waals surface area (Å²) in [6.07, 6.45) is 0. The molecule has 2 saturated heterocycles. The molecule has 0 bridgehead atoms. The summed E-state index contributed by atoms with van der Waals surface area (Å²) < 4.78 is 40.8. The molecule has 2 aromatic rings. The number of hydrogen-bond acceptors (Lipinski definition) is 8. The van der Waals surface area contributed by atoms with Gasteiger partial charge in [-0.3, -0.25) is 14.6 Å². The average Bonchev–Trinajstić information content (AvgIpc) is 2.97. The maximum Gasteiger partial charge on any atom is 0.309 e. The number of halogens is 3. The number of morpholine rings is 2. The topological polar surface area (TPSA) is 112 Å². The molecule has 232 valence electrons. The largest absolute Gasteiger partial charge is 0.481 e. The molecule has 14 heteroatoms. The second-order valence-corrected chi connectivity index (χ2v) is 14.0. The number of nitrogens with one attached hydrogen (secondary N) is 1. The second kappa shape index (κ2) is 16.1. The predicted molar refractivity (Wildman–Crippen MR) is 166 cm³/mol. The molecule has 42 heavy (non-hydrogen) atoms. The van der Waals surface area contributed by atoms with Crippen molar-refractivity contribution in [3.63, 3.8) is 0 Å². The maximum atomic E-state index is 14.0. The summed E-state index contributed by atoms with van der Waals surface area (Å²) >= 11 is 16.1. The molecule has 2 atom stereocenters. The fraction of sp³-hybridized carbons (Fsp3) is 0.536. The van der Waals surface area contributed by atoms with Crippen LogP contribution in [-0.4, -0.2) is 119 Å². The van der Waals surface area contributed by atoms with E-state index in [9.17, 15) is 18.3 Å². The number of carbonyl (C=O) groups is 1. The Bertz CT molecular complexity index is 1280. The van der Waals surface area contributed by atoms with Crippen LogP contribution in [0.15, 0.2) is 51.8 Å². The van der Waals surface area contributed by atoms with Crippen molar-refractivity contribution in [2.75, 3.05) is 85.3 Å². The van der Waals surface area contributed by atoms with Crippen LogP contribution in [0.4, 0.5) is 0 Å². The van der Waals surface area contributed by atoms with E-state index in [-0.39, 0.29) is 18.0 Å². The molecule has 0 saturated carbocycles. The summed E-state index contributed by atoms with van der Waals surface area (Å²) in [5.41, 5.74) is 0.546. The third-order valence-corrected chi connectivity index (χ3v) is 10.5. The number of carboxylic acid groups (broad SMARTS) is 1. The van der Waals surface area contributed by atoms with E-state index >= 15 is 0 Å². The van der Waals surface area contributed by atoms with Gasteiger partial charge in [0.25, 0.3) is 0 Å². The van der Waals surface area contributed by atoms with Crippen LogP contribution in [0.1, 0.15) is 11.6 Å². The Morgan fingerprint density at radius 2 is 1.57 bits per heavy atom. The van der Waals surface area contributed by atoms with Crippen LogP contribution < -0.4 is 5.32 Å². The predicted octanol–water partition coefficient (Wildman–Crippen LogP) is 3.44. The first kappa shape index (κ1) is 33.6. The quantitative estimate of drug-likeness (QED) is 0.305. The zero-order valence-electron chi connectivity index (χ0n) is 23.3. The zero-order chi connectivity index (χ0) is 30.1. The van der Waals surface area contributed by atoms with Crippen LogP contribution in [0.2, 0.25) is 10.0 Å². The van der Waals surface area contributed by atoms with E-state index in [1.54, 1.807) is 30.3 Å². The molecule has 2 N–H and O–H groups in total. The Morgan fingerprint density at radius 1 is 0.976 bits per heavy atom. The van der Waals surface area contributed by atoms with Crippen LogP contribution >= 0.6 is 39.1 Å². The lowest BCUT2D eigenvalue weighted by Gasteiger charge is -2.34. The Balaban J connectivity index is 1.63. The van der Waals surface area contributed by atoms with E-state index in [0.717, 1.165) is 17.6 Å². The van der Waals surface area contributed by atoms with Crippen molar-refractivity contribution in [1.29, 1.82) is 0 Å². The molecular weight excluding hydrogens is 671 g/mol. The van der Waals surface area contributed by atoms with Crippen molar-refractivity contribution >= 4 is 55.1 Å². The highest BCUT2D eigenvalue weighted by Gasteiger charge is 2.36. The van der Waals surface area contributed by atoms with Crippen LogP contribution in [-0.2, 0) is 24.3 Å². The third kappa shape index (κ3) is 9.34. The number of nitrogens with zero attached hydrogens (tertiary/aromatic N) is 3. The highest BCUT2D eigenvalue weighted by atomic mass is 79.9. The van der Waals surface area contributed by atoms with E-state index in [1.165, 1.54) is 16.4 Å². The molecule has 4 rings (SSSR count). The first-order valence-corrected chi connectivity index (χ1v) is 16.9. The van der Waals surface area contributed by atoms with Crippen molar-refractivity contribution in [2.45, 2.75) is 10.9 Å².